The standard InChI is InChI=1S/C17H19N3OS/c1-13-12-22-16(19-13)17(8-2-3-9-17)20-15(21)5-4-14-6-10-18-11-7-14/h4-7,10-12H,2-3,8-9H2,1H3,(H,20,21)/b5-4+. The smallest absolute Gasteiger partial charge is 0.244 e. The second kappa shape index (κ2) is 6.40. The minimum atomic E-state index is -0.279. The van der Waals surface area contributed by atoms with Gasteiger partial charge in [0.05, 0.1) is 5.54 Å². The first-order valence-corrected chi connectivity index (χ1v) is 8.39. The third-order valence-corrected chi connectivity index (χ3v) is 5.15. The molecule has 2 aromatic heterocycles. The molecule has 0 atom stereocenters. The molecule has 2 heterocycles. The fourth-order valence-corrected chi connectivity index (χ4v) is 3.88. The summed E-state index contributed by atoms with van der Waals surface area (Å²) in [4.78, 5) is 20.9. The second-order valence-corrected chi connectivity index (χ2v) is 6.54. The Morgan fingerprint density at radius 3 is 2.68 bits per heavy atom. The van der Waals surface area contributed by atoms with Crippen LogP contribution >= 0.6 is 11.3 Å². The molecule has 1 aliphatic rings. The molecule has 0 unspecified atom stereocenters. The molecular weight excluding hydrogens is 294 g/mol. The lowest BCUT2D eigenvalue weighted by Gasteiger charge is -2.27. The van der Waals surface area contributed by atoms with Crippen molar-refractivity contribution in [2.24, 2.45) is 0 Å². The molecule has 0 aliphatic heterocycles. The molecule has 22 heavy (non-hydrogen) atoms. The quantitative estimate of drug-likeness (QED) is 0.880. The van der Waals surface area contributed by atoms with E-state index in [4.69, 9.17) is 0 Å². The minimum Gasteiger partial charge on any atom is -0.341 e. The summed E-state index contributed by atoms with van der Waals surface area (Å²) < 4.78 is 0. The lowest BCUT2D eigenvalue weighted by Crippen LogP contribution is -2.43. The van der Waals surface area contributed by atoms with Crippen molar-refractivity contribution in [3.8, 4) is 0 Å². The molecule has 3 rings (SSSR count). The maximum Gasteiger partial charge on any atom is 0.244 e. The number of aromatic nitrogens is 2. The SMILES string of the molecule is Cc1csc(C2(NC(=O)/C=C/c3ccncc3)CCCC2)n1. The van der Waals surface area contributed by atoms with Gasteiger partial charge in [-0.1, -0.05) is 12.8 Å². The molecule has 114 valence electrons. The number of hydrogen-bond acceptors (Lipinski definition) is 4. The lowest BCUT2D eigenvalue weighted by atomic mass is 9.98. The molecule has 1 fully saturated rings. The molecule has 1 N–H and O–H groups in total. The zero-order valence-corrected chi connectivity index (χ0v) is 13.4. The number of nitrogens with one attached hydrogen (secondary N) is 1. The van der Waals surface area contributed by atoms with Gasteiger partial charge in [0.2, 0.25) is 5.91 Å². The average molecular weight is 313 g/mol. The van der Waals surface area contributed by atoms with Gasteiger partial charge < -0.3 is 5.32 Å². The summed E-state index contributed by atoms with van der Waals surface area (Å²) in [6, 6.07) is 3.75. The molecule has 0 aromatic carbocycles. The van der Waals surface area contributed by atoms with Crippen LogP contribution in [0.5, 0.6) is 0 Å². The second-order valence-electron chi connectivity index (χ2n) is 5.69. The van der Waals surface area contributed by atoms with E-state index in [1.165, 1.54) is 0 Å². The van der Waals surface area contributed by atoms with Gasteiger partial charge in [0.25, 0.3) is 0 Å². The van der Waals surface area contributed by atoms with Gasteiger partial charge in [0, 0.05) is 29.5 Å². The van der Waals surface area contributed by atoms with Gasteiger partial charge in [0.15, 0.2) is 0 Å². The first kappa shape index (κ1) is 14.9. The van der Waals surface area contributed by atoms with Crippen molar-refractivity contribution < 1.29 is 4.79 Å². The van der Waals surface area contributed by atoms with E-state index in [9.17, 15) is 4.79 Å². The Hall–Kier alpha value is -2.01. The van der Waals surface area contributed by atoms with Crippen LogP contribution in [0.15, 0.2) is 36.0 Å². The predicted octanol–water partition coefficient (Wildman–Crippen LogP) is 3.45. The van der Waals surface area contributed by atoms with Gasteiger partial charge in [-0.3, -0.25) is 9.78 Å². The monoisotopic (exact) mass is 313 g/mol. The molecule has 5 heteroatoms. The van der Waals surface area contributed by atoms with Crippen LogP contribution in [0.25, 0.3) is 6.08 Å². The molecule has 1 saturated carbocycles. The zero-order valence-electron chi connectivity index (χ0n) is 12.6. The maximum absolute atomic E-state index is 12.3. The van der Waals surface area contributed by atoms with E-state index >= 15 is 0 Å². The summed E-state index contributed by atoms with van der Waals surface area (Å²) in [5.41, 5.74) is 1.71. The highest BCUT2D eigenvalue weighted by atomic mass is 32.1. The Morgan fingerprint density at radius 1 is 1.32 bits per heavy atom. The molecule has 1 amide bonds. The number of nitrogens with zero attached hydrogens (tertiary/aromatic N) is 2. The minimum absolute atomic E-state index is 0.0634. The highest BCUT2D eigenvalue weighted by Gasteiger charge is 2.39. The lowest BCUT2D eigenvalue weighted by molar-refractivity contribution is -0.118. The van der Waals surface area contributed by atoms with Crippen molar-refractivity contribution in [1.29, 1.82) is 0 Å². The number of rotatable bonds is 4. The molecule has 0 radical (unpaired) electrons. The topological polar surface area (TPSA) is 54.9 Å². The van der Waals surface area contributed by atoms with Crippen molar-refractivity contribution in [2.45, 2.75) is 38.1 Å². The van der Waals surface area contributed by atoms with Gasteiger partial charge in [-0.25, -0.2) is 4.98 Å². The van der Waals surface area contributed by atoms with E-state index < -0.39 is 0 Å². The number of carbonyl (C=O) groups is 1. The zero-order chi connectivity index (χ0) is 15.4. The largest absolute Gasteiger partial charge is 0.341 e. The number of amides is 1. The van der Waals surface area contributed by atoms with E-state index in [2.05, 4.69) is 15.3 Å². The van der Waals surface area contributed by atoms with Crippen LogP contribution in [0.3, 0.4) is 0 Å². The number of hydrogen-bond donors (Lipinski definition) is 1. The third-order valence-electron chi connectivity index (χ3n) is 3.98. The summed E-state index contributed by atoms with van der Waals surface area (Å²) in [7, 11) is 0. The van der Waals surface area contributed by atoms with Gasteiger partial charge in [0.1, 0.15) is 5.01 Å². The van der Waals surface area contributed by atoms with Gasteiger partial charge in [-0.15, -0.1) is 11.3 Å². The van der Waals surface area contributed by atoms with Crippen LogP contribution in [0, 0.1) is 6.92 Å². The van der Waals surface area contributed by atoms with E-state index in [0.717, 1.165) is 41.9 Å². The summed E-state index contributed by atoms with van der Waals surface area (Å²) >= 11 is 1.64. The Kier molecular flexibility index (Phi) is 4.34. The van der Waals surface area contributed by atoms with Gasteiger partial charge in [-0.05, 0) is 43.5 Å². The first-order chi connectivity index (χ1) is 10.7. The maximum atomic E-state index is 12.3. The summed E-state index contributed by atoms with van der Waals surface area (Å²) in [6.45, 7) is 1.99. The number of thiazole rings is 1. The first-order valence-electron chi connectivity index (χ1n) is 7.51. The highest BCUT2D eigenvalue weighted by Crippen LogP contribution is 2.40. The van der Waals surface area contributed by atoms with Crippen LogP contribution in [-0.2, 0) is 10.3 Å². The van der Waals surface area contributed by atoms with Crippen LogP contribution in [0.2, 0.25) is 0 Å². The number of aryl methyl sites for hydroxylation is 1. The van der Waals surface area contributed by atoms with E-state index in [1.54, 1.807) is 29.8 Å². The molecule has 2 aromatic rings. The Balaban J connectivity index is 1.74. The van der Waals surface area contributed by atoms with Crippen LogP contribution < -0.4 is 5.32 Å². The Morgan fingerprint density at radius 2 is 2.05 bits per heavy atom. The molecule has 0 spiro atoms. The van der Waals surface area contributed by atoms with Crippen molar-refractivity contribution in [2.75, 3.05) is 0 Å². The van der Waals surface area contributed by atoms with E-state index in [1.807, 2.05) is 30.5 Å². The summed E-state index contributed by atoms with van der Waals surface area (Å²) in [6.07, 6.45) is 11.0. The number of pyridine rings is 1. The fourth-order valence-electron chi connectivity index (χ4n) is 2.87. The van der Waals surface area contributed by atoms with Crippen molar-refractivity contribution >= 4 is 23.3 Å². The molecule has 1 aliphatic carbocycles. The highest BCUT2D eigenvalue weighted by molar-refractivity contribution is 7.09. The van der Waals surface area contributed by atoms with Crippen molar-refractivity contribution in [1.82, 2.24) is 15.3 Å². The van der Waals surface area contributed by atoms with Gasteiger partial charge in [-0.2, -0.15) is 0 Å². The van der Waals surface area contributed by atoms with Crippen LogP contribution in [0.4, 0.5) is 0 Å². The summed E-state index contributed by atoms with van der Waals surface area (Å²) in [5, 5.41) is 6.28. The summed E-state index contributed by atoms with van der Waals surface area (Å²) in [5.74, 6) is -0.0634. The normalized spacial score (nSPS) is 17.0. The fraction of sp³-hybridized carbons (Fsp3) is 0.353. The molecule has 4 nitrogen and oxygen atoms in total. The predicted molar refractivity (Wildman–Crippen MR) is 88.4 cm³/mol. The number of carbonyl (C=O) groups excluding carboxylic acids is 1. The molecule has 0 saturated heterocycles. The van der Waals surface area contributed by atoms with E-state index in [0.29, 0.717) is 0 Å². The van der Waals surface area contributed by atoms with Gasteiger partial charge >= 0.3 is 0 Å². The van der Waals surface area contributed by atoms with Crippen LogP contribution in [-0.4, -0.2) is 15.9 Å². The van der Waals surface area contributed by atoms with Crippen LogP contribution in [0.1, 0.15) is 41.9 Å². The molecular formula is C17H19N3OS. The van der Waals surface area contributed by atoms with Crippen molar-refractivity contribution in [3.05, 3.63) is 52.2 Å². The Labute approximate surface area is 134 Å². The average Bonchev–Trinajstić information content (AvgIpc) is 3.16. The Bertz CT molecular complexity index is 672. The van der Waals surface area contributed by atoms with Crippen molar-refractivity contribution in [3.63, 3.8) is 0 Å². The van der Waals surface area contributed by atoms with E-state index in [-0.39, 0.29) is 11.4 Å². The third kappa shape index (κ3) is 3.25. The molecule has 0 bridgehead atoms.